The van der Waals surface area contributed by atoms with Crippen molar-refractivity contribution >= 4 is 86.9 Å². The van der Waals surface area contributed by atoms with Crippen molar-refractivity contribution in [1.82, 2.24) is 0 Å². The van der Waals surface area contributed by atoms with Crippen LogP contribution in [-0.2, 0) is 35.1 Å². The average Bonchev–Trinajstić information content (AvgIpc) is 3.56. The first-order chi connectivity index (χ1) is 31.2. The Kier molecular flexibility index (Phi) is 14.4. The summed E-state index contributed by atoms with van der Waals surface area (Å²) >= 11 is 0. The standard InChI is InChI=1S/C38H36N8O17S3/c1-20-35(38(50)46(45-20)23-5-7-24(8-6-23)64(51,52)53)43-39-22-4-9-25-21(14-22)15-34(66(57,58)59)36(37(25)49)44-42-28-17-30(62-12-10-47)27(16-31(28)63-13-11-48)41-40-26-18-32(61-3)33(65(54,55)56)19-29(26)60-2/h4-9,14-19,35,47-49H,10-13H2,1-3H3,(H,51,52,53)(H,54,55,56)(H,57,58,59)/b41-40+,43-39+,44-42+. The number of hydrogen-bond acceptors (Lipinski definition) is 21. The van der Waals surface area contributed by atoms with Crippen LogP contribution >= 0.6 is 0 Å². The first-order valence-electron chi connectivity index (χ1n) is 18.6. The minimum Gasteiger partial charge on any atom is -0.505 e. The summed E-state index contributed by atoms with van der Waals surface area (Å²) in [5.74, 6) is -2.15. The molecule has 348 valence electrons. The molecule has 1 heterocycles. The van der Waals surface area contributed by atoms with Gasteiger partial charge in [-0.2, -0.15) is 45.6 Å². The summed E-state index contributed by atoms with van der Waals surface area (Å²) in [5, 5.41) is 60.0. The first-order valence-corrected chi connectivity index (χ1v) is 22.9. The Hall–Kier alpha value is -7.05. The monoisotopic (exact) mass is 972 g/mol. The fourth-order valence-electron chi connectivity index (χ4n) is 6.03. The largest absolute Gasteiger partial charge is 0.505 e. The van der Waals surface area contributed by atoms with Crippen molar-refractivity contribution in [3.63, 3.8) is 0 Å². The summed E-state index contributed by atoms with van der Waals surface area (Å²) in [6, 6.07) is 12.9. The lowest BCUT2D eigenvalue weighted by molar-refractivity contribution is -0.117. The Morgan fingerprint density at radius 1 is 0.652 bits per heavy atom. The summed E-state index contributed by atoms with van der Waals surface area (Å²) < 4.78 is 123. The summed E-state index contributed by atoms with van der Waals surface area (Å²) in [4.78, 5) is 11.3. The van der Waals surface area contributed by atoms with Crippen LogP contribution in [0.4, 0.5) is 34.1 Å². The maximum atomic E-state index is 13.2. The van der Waals surface area contributed by atoms with E-state index in [9.17, 15) is 59.0 Å². The number of rotatable bonds is 18. The molecule has 28 heteroatoms. The van der Waals surface area contributed by atoms with Gasteiger partial charge < -0.3 is 34.3 Å². The lowest BCUT2D eigenvalue weighted by Crippen LogP contribution is -2.29. The molecule has 6 rings (SSSR count). The molecule has 0 fully saturated rings. The van der Waals surface area contributed by atoms with Crippen LogP contribution in [-0.4, -0.2) is 113 Å². The van der Waals surface area contributed by atoms with Gasteiger partial charge in [-0.3, -0.25) is 18.5 Å². The number of aliphatic hydroxyl groups excluding tert-OH is 2. The Morgan fingerprint density at radius 3 is 1.73 bits per heavy atom. The summed E-state index contributed by atoms with van der Waals surface area (Å²) in [7, 11) is -12.0. The molecule has 1 amide bonds. The van der Waals surface area contributed by atoms with Gasteiger partial charge in [0.1, 0.15) is 68.8 Å². The number of anilines is 1. The molecule has 6 N–H and O–H groups in total. The van der Waals surface area contributed by atoms with Crippen LogP contribution in [0.3, 0.4) is 0 Å². The second kappa shape index (κ2) is 19.6. The number of benzene rings is 5. The van der Waals surface area contributed by atoms with E-state index in [2.05, 4.69) is 35.8 Å². The molecule has 0 saturated heterocycles. The predicted molar refractivity (Wildman–Crippen MR) is 230 cm³/mol. The number of methoxy groups -OCH3 is 2. The van der Waals surface area contributed by atoms with Crippen LogP contribution in [0, 0.1) is 0 Å². The molecule has 1 atom stereocenters. The lowest BCUT2D eigenvalue weighted by Gasteiger charge is -2.13. The molecule has 1 aliphatic rings. The Labute approximate surface area is 374 Å². The lowest BCUT2D eigenvalue weighted by atomic mass is 10.1. The number of phenols is 1. The van der Waals surface area contributed by atoms with Crippen molar-refractivity contribution in [3.05, 3.63) is 72.8 Å². The number of phenolic OH excluding ortho intramolecular Hbond substituents is 1. The Bertz CT molecular complexity index is 3180. The number of carbonyl (C=O) groups is 1. The third kappa shape index (κ3) is 10.7. The van der Waals surface area contributed by atoms with Crippen molar-refractivity contribution in [3.8, 4) is 28.7 Å². The number of ether oxygens (including phenoxy) is 4. The summed E-state index contributed by atoms with van der Waals surface area (Å²) in [6.07, 6.45) is 0. The smallest absolute Gasteiger partial charge is 0.298 e. The van der Waals surface area contributed by atoms with Gasteiger partial charge in [0.2, 0.25) is 0 Å². The zero-order valence-corrected chi connectivity index (χ0v) is 36.8. The fourth-order valence-corrected chi connectivity index (χ4v) is 7.82. The number of nitrogens with zero attached hydrogens (tertiary/aromatic N) is 8. The molecule has 25 nitrogen and oxygen atoms in total. The molecule has 1 aliphatic heterocycles. The van der Waals surface area contributed by atoms with Gasteiger partial charge >= 0.3 is 0 Å². The van der Waals surface area contributed by atoms with Gasteiger partial charge in [-0.25, -0.2) is 0 Å². The molecule has 0 aromatic heterocycles. The summed E-state index contributed by atoms with van der Waals surface area (Å²) in [5.41, 5.74) is -0.652. The van der Waals surface area contributed by atoms with E-state index < -0.39 is 81.6 Å². The number of hydrazone groups is 1. The van der Waals surface area contributed by atoms with Crippen LogP contribution in [0.1, 0.15) is 6.92 Å². The van der Waals surface area contributed by atoms with E-state index in [1.54, 1.807) is 0 Å². The van der Waals surface area contributed by atoms with E-state index in [0.29, 0.717) is 0 Å². The second-order valence-corrected chi connectivity index (χ2v) is 17.6. The minimum atomic E-state index is -5.15. The highest BCUT2D eigenvalue weighted by atomic mass is 32.2. The predicted octanol–water partition coefficient (Wildman–Crippen LogP) is 5.75. The number of fused-ring (bicyclic) bond motifs is 1. The molecule has 0 bridgehead atoms. The van der Waals surface area contributed by atoms with Gasteiger partial charge in [-0.1, -0.05) is 0 Å². The molecule has 66 heavy (non-hydrogen) atoms. The number of azo groups is 3. The highest BCUT2D eigenvalue weighted by Gasteiger charge is 2.35. The molecular formula is C38H36N8O17S3. The molecule has 0 radical (unpaired) electrons. The van der Waals surface area contributed by atoms with Crippen molar-refractivity contribution in [2.24, 2.45) is 35.8 Å². The van der Waals surface area contributed by atoms with Gasteiger partial charge in [-0.15, -0.1) is 20.5 Å². The summed E-state index contributed by atoms with van der Waals surface area (Å²) in [6.45, 7) is -0.0850. The maximum absolute atomic E-state index is 13.2. The average molecular weight is 973 g/mol. The SMILES string of the molecule is COc1cc(S(=O)(=O)O)c(OC)cc1/N=N/c1cc(OCCO)c(/N=N/c2c(S(=O)(=O)O)cc3cc(/N=N/C4C(=O)N(c5ccc(S(=O)(=O)O)cc5)N=C4C)ccc3c2O)cc1OCCO. The van der Waals surface area contributed by atoms with Crippen molar-refractivity contribution in [2.75, 3.05) is 45.7 Å². The Morgan fingerprint density at radius 2 is 1.20 bits per heavy atom. The molecular weight excluding hydrogens is 937 g/mol. The van der Waals surface area contributed by atoms with E-state index in [4.69, 9.17) is 18.9 Å². The molecule has 5 aromatic rings. The zero-order valence-electron chi connectivity index (χ0n) is 34.3. The normalized spacial score (nSPS) is 14.8. The Balaban J connectivity index is 1.35. The van der Waals surface area contributed by atoms with Crippen LogP contribution in [0.5, 0.6) is 28.7 Å². The highest BCUT2D eigenvalue weighted by Crippen LogP contribution is 2.46. The fraction of sp³-hybridized carbons (Fsp3) is 0.211. The van der Waals surface area contributed by atoms with Gasteiger partial charge in [0, 0.05) is 29.7 Å². The van der Waals surface area contributed by atoms with Gasteiger partial charge in [0.05, 0.1) is 49.4 Å². The van der Waals surface area contributed by atoms with Crippen LogP contribution < -0.4 is 24.0 Å². The van der Waals surface area contributed by atoms with E-state index in [1.165, 1.54) is 56.5 Å². The van der Waals surface area contributed by atoms with Gasteiger partial charge in [0.15, 0.2) is 11.8 Å². The van der Waals surface area contributed by atoms with E-state index in [1.807, 2.05) is 0 Å². The number of aromatic hydroxyl groups is 1. The van der Waals surface area contributed by atoms with E-state index in [0.717, 1.165) is 42.5 Å². The molecule has 1 unspecified atom stereocenters. The van der Waals surface area contributed by atoms with Gasteiger partial charge in [-0.05, 0) is 60.8 Å². The van der Waals surface area contributed by atoms with Crippen LogP contribution in [0.2, 0.25) is 0 Å². The third-order valence-electron chi connectivity index (χ3n) is 9.08. The molecule has 0 saturated carbocycles. The van der Waals surface area contributed by atoms with E-state index >= 15 is 0 Å². The minimum absolute atomic E-state index is 0.000613. The zero-order chi connectivity index (χ0) is 48.1. The topological polar surface area (TPSA) is 368 Å². The van der Waals surface area contributed by atoms with Gasteiger partial charge in [0.25, 0.3) is 36.3 Å². The van der Waals surface area contributed by atoms with Crippen molar-refractivity contribution in [2.45, 2.75) is 27.7 Å². The van der Waals surface area contributed by atoms with Crippen LogP contribution in [0.15, 0.2) is 123 Å². The maximum Gasteiger partial charge on any atom is 0.298 e. The number of hydrogen-bond donors (Lipinski definition) is 6. The number of amides is 1. The third-order valence-corrected chi connectivity index (χ3v) is 11.7. The van der Waals surface area contributed by atoms with Crippen LogP contribution in [0.25, 0.3) is 10.8 Å². The number of aliphatic hydroxyl groups is 2. The quantitative estimate of drug-likeness (QED) is 0.0449. The van der Waals surface area contributed by atoms with Crippen molar-refractivity contribution < 1.29 is 78.0 Å². The second-order valence-electron chi connectivity index (χ2n) is 13.4. The molecule has 0 aliphatic carbocycles. The van der Waals surface area contributed by atoms with Crippen molar-refractivity contribution in [1.29, 1.82) is 0 Å². The highest BCUT2D eigenvalue weighted by molar-refractivity contribution is 7.86. The van der Waals surface area contributed by atoms with E-state index in [-0.39, 0.29) is 81.1 Å². The molecule has 0 spiro atoms. The molecule has 5 aromatic carbocycles. The number of carbonyl (C=O) groups excluding carboxylic acids is 1. The first kappa shape index (κ1) is 48.4.